The smallest absolute Gasteiger partial charge is 0.262 e. The third kappa shape index (κ3) is 4.62. The van der Waals surface area contributed by atoms with Gasteiger partial charge in [0, 0.05) is 16.8 Å². The largest absolute Gasteiger partial charge is 0.486 e. The van der Waals surface area contributed by atoms with Gasteiger partial charge >= 0.3 is 0 Å². The zero-order chi connectivity index (χ0) is 22.9. The van der Waals surface area contributed by atoms with Crippen molar-refractivity contribution < 1.29 is 26.3 Å². The van der Waals surface area contributed by atoms with Crippen molar-refractivity contribution in [3.05, 3.63) is 71.2 Å². The van der Waals surface area contributed by atoms with Crippen molar-refractivity contribution in [2.75, 3.05) is 22.7 Å². The molecule has 0 fully saturated rings. The maximum atomic E-state index is 12.7. The minimum Gasteiger partial charge on any atom is -0.486 e. The van der Waals surface area contributed by atoms with E-state index in [-0.39, 0.29) is 15.5 Å². The van der Waals surface area contributed by atoms with Gasteiger partial charge in [0.2, 0.25) is 0 Å². The van der Waals surface area contributed by atoms with Gasteiger partial charge in [-0.15, -0.1) is 0 Å². The minimum absolute atomic E-state index is 0.00320. The number of fused-ring (bicyclic) bond motifs is 1. The average Bonchev–Trinajstić information content (AvgIpc) is 2.76. The summed E-state index contributed by atoms with van der Waals surface area (Å²) in [5.74, 6) is 0.829. The van der Waals surface area contributed by atoms with Crippen molar-refractivity contribution in [2.24, 2.45) is 0 Å². The number of nitrogens with one attached hydrogen (secondary N) is 2. The molecule has 0 aromatic heterocycles. The van der Waals surface area contributed by atoms with Gasteiger partial charge < -0.3 is 9.47 Å². The average molecular weight is 495 g/mol. The van der Waals surface area contributed by atoms with Crippen LogP contribution in [0.4, 0.5) is 11.4 Å². The lowest BCUT2D eigenvalue weighted by atomic mass is 10.2. The molecular weight excluding hydrogens is 476 g/mol. The molecule has 4 rings (SSSR count). The third-order valence-electron chi connectivity index (χ3n) is 4.75. The van der Waals surface area contributed by atoms with Crippen LogP contribution in [0.25, 0.3) is 0 Å². The van der Waals surface area contributed by atoms with E-state index in [0.29, 0.717) is 41.0 Å². The van der Waals surface area contributed by atoms with E-state index in [9.17, 15) is 16.8 Å². The number of halogens is 1. The lowest BCUT2D eigenvalue weighted by Crippen LogP contribution is -2.17. The maximum Gasteiger partial charge on any atom is 0.262 e. The highest BCUT2D eigenvalue weighted by Crippen LogP contribution is 2.33. The normalized spacial score (nSPS) is 13.4. The summed E-state index contributed by atoms with van der Waals surface area (Å²) in [5.41, 5.74) is 1.17. The molecule has 0 saturated carbocycles. The first kappa shape index (κ1) is 22.3. The van der Waals surface area contributed by atoms with Crippen LogP contribution in [0.1, 0.15) is 5.56 Å². The van der Waals surface area contributed by atoms with E-state index < -0.39 is 20.0 Å². The molecule has 2 N–H and O–H groups in total. The van der Waals surface area contributed by atoms with Crippen LogP contribution in [-0.2, 0) is 20.0 Å². The van der Waals surface area contributed by atoms with Crippen LogP contribution in [0.5, 0.6) is 11.5 Å². The fourth-order valence-corrected chi connectivity index (χ4v) is 5.40. The molecule has 1 aliphatic rings. The zero-order valence-electron chi connectivity index (χ0n) is 16.8. The molecule has 0 bridgehead atoms. The Hall–Kier alpha value is -2.95. The van der Waals surface area contributed by atoms with Gasteiger partial charge in [-0.1, -0.05) is 17.7 Å². The van der Waals surface area contributed by atoms with E-state index in [2.05, 4.69) is 9.44 Å². The minimum atomic E-state index is -3.92. The van der Waals surface area contributed by atoms with Crippen LogP contribution in [-0.4, -0.2) is 30.0 Å². The Labute approximate surface area is 191 Å². The Bertz CT molecular complexity index is 1370. The van der Waals surface area contributed by atoms with Crippen molar-refractivity contribution in [1.29, 1.82) is 0 Å². The van der Waals surface area contributed by atoms with Gasteiger partial charge in [-0.25, -0.2) is 16.8 Å². The number of ether oxygens (including phenoxy) is 2. The van der Waals surface area contributed by atoms with Crippen LogP contribution < -0.4 is 18.9 Å². The van der Waals surface area contributed by atoms with Crippen molar-refractivity contribution >= 4 is 43.0 Å². The van der Waals surface area contributed by atoms with Crippen LogP contribution in [0.2, 0.25) is 5.02 Å². The fraction of sp³-hybridized carbons (Fsp3) is 0.143. The van der Waals surface area contributed by atoms with Crippen molar-refractivity contribution in [3.8, 4) is 11.5 Å². The van der Waals surface area contributed by atoms with E-state index in [1.165, 1.54) is 42.5 Å². The van der Waals surface area contributed by atoms with E-state index in [1.807, 2.05) is 0 Å². The molecule has 0 saturated heterocycles. The van der Waals surface area contributed by atoms with E-state index >= 15 is 0 Å². The SMILES string of the molecule is Cc1c(Cl)cccc1NS(=O)(=O)c1ccc(NS(=O)(=O)c2ccc3c(c2)OCCO3)cc1. The van der Waals surface area contributed by atoms with Crippen molar-refractivity contribution in [2.45, 2.75) is 16.7 Å². The fourth-order valence-electron chi connectivity index (χ4n) is 3.03. The molecule has 32 heavy (non-hydrogen) atoms. The van der Waals surface area contributed by atoms with Crippen LogP contribution >= 0.6 is 11.6 Å². The highest BCUT2D eigenvalue weighted by Gasteiger charge is 2.21. The molecule has 0 atom stereocenters. The number of sulfonamides is 2. The number of rotatable bonds is 6. The van der Waals surface area contributed by atoms with E-state index in [0.717, 1.165) is 0 Å². The summed E-state index contributed by atoms with van der Waals surface area (Å²) in [6.07, 6.45) is 0. The monoisotopic (exact) mass is 494 g/mol. The molecule has 8 nitrogen and oxygen atoms in total. The predicted octanol–water partition coefficient (Wildman–Crippen LogP) is 4.02. The van der Waals surface area contributed by atoms with Crippen molar-refractivity contribution in [1.82, 2.24) is 0 Å². The topological polar surface area (TPSA) is 111 Å². The molecule has 168 valence electrons. The van der Waals surface area contributed by atoms with Gasteiger partial charge in [-0.05, 0) is 61.0 Å². The highest BCUT2D eigenvalue weighted by atomic mass is 35.5. The van der Waals surface area contributed by atoms with Crippen molar-refractivity contribution in [3.63, 3.8) is 0 Å². The predicted molar refractivity (Wildman–Crippen MR) is 122 cm³/mol. The second-order valence-electron chi connectivity index (χ2n) is 6.95. The first-order valence-corrected chi connectivity index (χ1v) is 12.8. The van der Waals surface area contributed by atoms with Gasteiger partial charge in [-0.2, -0.15) is 0 Å². The second-order valence-corrected chi connectivity index (χ2v) is 10.7. The Morgan fingerprint density at radius 2 is 1.41 bits per heavy atom. The Balaban J connectivity index is 1.52. The first-order valence-electron chi connectivity index (χ1n) is 9.46. The molecule has 1 heterocycles. The quantitative estimate of drug-likeness (QED) is 0.535. The second kappa shape index (κ2) is 8.53. The summed E-state index contributed by atoms with van der Waals surface area (Å²) in [7, 11) is -7.81. The number of anilines is 2. The Morgan fingerprint density at radius 3 is 2.12 bits per heavy atom. The number of benzene rings is 3. The summed E-state index contributed by atoms with van der Waals surface area (Å²) in [5, 5.41) is 0.439. The van der Waals surface area contributed by atoms with Gasteiger partial charge in [-0.3, -0.25) is 9.44 Å². The zero-order valence-corrected chi connectivity index (χ0v) is 19.2. The van der Waals surface area contributed by atoms with Gasteiger partial charge in [0.1, 0.15) is 13.2 Å². The van der Waals surface area contributed by atoms with E-state index in [1.54, 1.807) is 25.1 Å². The molecular formula is C21H19ClN2O6S2. The maximum absolute atomic E-state index is 12.7. The number of hydrogen-bond donors (Lipinski definition) is 2. The lowest BCUT2D eigenvalue weighted by molar-refractivity contribution is 0.171. The van der Waals surface area contributed by atoms with Gasteiger partial charge in [0.05, 0.1) is 15.5 Å². The van der Waals surface area contributed by atoms with E-state index in [4.69, 9.17) is 21.1 Å². The molecule has 1 aliphatic heterocycles. The summed E-state index contributed by atoms with van der Waals surface area (Å²) in [6, 6.07) is 14.6. The summed E-state index contributed by atoms with van der Waals surface area (Å²) >= 11 is 6.05. The van der Waals surface area contributed by atoms with Crippen LogP contribution in [0.15, 0.2) is 70.5 Å². The van der Waals surface area contributed by atoms with Crippen LogP contribution in [0, 0.1) is 6.92 Å². The van der Waals surface area contributed by atoms with Gasteiger partial charge in [0.25, 0.3) is 20.0 Å². The highest BCUT2D eigenvalue weighted by molar-refractivity contribution is 7.93. The molecule has 0 unspecified atom stereocenters. The molecule has 0 aliphatic carbocycles. The van der Waals surface area contributed by atoms with Gasteiger partial charge in [0.15, 0.2) is 11.5 Å². The third-order valence-corrected chi connectivity index (χ3v) is 7.92. The Kier molecular flexibility index (Phi) is 5.93. The standard InChI is InChI=1S/C21H19ClN2O6S2/c1-14-18(22)3-2-4-19(14)24-31(25,26)16-7-5-15(6-8-16)23-32(27,28)17-9-10-20-21(13-17)30-12-11-29-20/h2-10,13,23-24H,11-12H2,1H3. The lowest BCUT2D eigenvalue weighted by Gasteiger charge is -2.19. The summed E-state index contributed by atoms with van der Waals surface area (Å²) < 4.78 is 66.6. The molecule has 0 spiro atoms. The van der Waals surface area contributed by atoms with Crippen LogP contribution in [0.3, 0.4) is 0 Å². The molecule has 0 amide bonds. The molecule has 11 heteroatoms. The number of hydrogen-bond acceptors (Lipinski definition) is 6. The summed E-state index contributed by atoms with van der Waals surface area (Å²) in [6.45, 7) is 2.44. The summed E-state index contributed by atoms with van der Waals surface area (Å²) in [4.78, 5) is -0.0318. The molecule has 0 radical (unpaired) electrons. The molecule has 3 aromatic rings. The Morgan fingerprint density at radius 1 is 0.781 bits per heavy atom. The first-order chi connectivity index (χ1) is 15.2. The molecule has 3 aromatic carbocycles.